The van der Waals surface area contributed by atoms with Crippen LogP contribution in [-0.4, -0.2) is 23.4 Å². The fourth-order valence-electron chi connectivity index (χ4n) is 1.80. The molecule has 1 saturated carbocycles. The Morgan fingerprint density at radius 1 is 1.46 bits per heavy atom. The lowest BCUT2D eigenvalue weighted by Crippen LogP contribution is -2.28. The molecule has 0 aliphatic heterocycles. The second-order valence-electron chi connectivity index (χ2n) is 3.60. The van der Waals surface area contributed by atoms with Crippen LogP contribution in [0.5, 0.6) is 0 Å². The molecule has 2 atom stereocenters. The summed E-state index contributed by atoms with van der Waals surface area (Å²) < 4.78 is 0. The third-order valence-electron chi connectivity index (χ3n) is 2.66. The molecule has 1 fully saturated rings. The SMILES string of the molecule is CCC(N)=NC1CCCCC1SC. The lowest BCUT2D eigenvalue weighted by molar-refractivity contribution is 0.455. The van der Waals surface area contributed by atoms with Crippen molar-refractivity contribution in [3.8, 4) is 0 Å². The van der Waals surface area contributed by atoms with Crippen LogP contribution in [0.1, 0.15) is 39.0 Å². The van der Waals surface area contributed by atoms with Gasteiger partial charge in [0.25, 0.3) is 0 Å². The Labute approximate surface area is 85.4 Å². The van der Waals surface area contributed by atoms with E-state index in [4.69, 9.17) is 5.73 Å². The van der Waals surface area contributed by atoms with Crippen molar-refractivity contribution in [1.29, 1.82) is 0 Å². The molecule has 1 rings (SSSR count). The number of aliphatic imine (C=N–C) groups is 1. The van der Waals surface area contributed by atoms with Crippen LogP contribution in [0, 0.1) is 0 Å². The van der Waals surface area contributed by atoms with Crippen molar-refractivity contribution in [3.63, 3.8) is 0 Å². The standard InChI is InChI=1S/C10H20N2S/c1-3-10(11)12-8-6-4-5-7-9(8)13-2/h8-9H,3-7H2,1-2H3,(H2,11,12). The van der Waals surface area contributed by atoms with E-state index in [1.54, 1.807) is 0 Å². The number of nitrogens with two attached hydrogens (primary N) is 1. The zero-order chi connectivity index (χ0) is 9.68. The Bertz CT molecular complexity index is 180. The van der Waals surface area contributed by atoms with Gasteiger partial charge in [-0.2, -0.15) is 11.8 Å². The van der Waals surface area contributed by atoms with Crippen molar-refractivity contribution in [1.82, 2.24) is 0 Å². The molecule has 0 aromatic heterocycles. The smallest absolute Gasteiger partial charge is 0.0938 e. The summed E-state index contributed by atoms with van der Waals surface area (Å²) in [5.41, 5.74) is 5.76. The third kappa shape index (κ3) is 3.22. The minimum atomic E-state index is 0.490. The van der Waals surface area contributed by atoms with Gasteiger partial charge < -0.3 is 5.73 Å². The van der Waals surface area contributed by atoms with E-state index in [1.807, 2.05) is 11.8 Å². The van der Waals surface area contributed by atoms with E-state index in [1.165, 1.54) is 25.7 Å². The maximum absolute atomic E-state index is 5.76. The van der Waals surface area contributed by atoms with Gasteiger partial charge in [0.15, 0.2) is 0 Å². The number of nitrogens with zero attached hydrogens (tertiary/aromatic N) is 1. The fourth-order valence-corrected chi connectivity index (χ4v) is 2.72. The molecule has 0 amide bonds. The van der Waals surface area contributed by atoms with Gasteiger partial charge >= 0.3 is 0 Å². The van der Waals surface area contributed by atoms with Gasteiger partial charge in [-0.3, -0.25) is 4.99 Å². The first-order chi connectivity index (χ1) is 6.27. The Morgan fingerprint density at radius 2 is 2.15 bits per heavy atom. The Balaban J connectivity index is 2.54. The number of rotatable bonds is 3. The molecule has 0 saturated heterocycles. The molecule has 3 heteroatoms. The highest BCUT2D eigenvalue weighted by Gasteiger charge is 2.23. The molecule has 1 aliphatic rings. The van der Waals surface area contributed by atoms with Crippen molar-refractivity contribution >= 4 is 17.6 Å². The minimum Gasteiger partial charge on any atom is -0.387 e. The van der Waals surface area contributed by atoms with Crippen molar-refractivity contribution in [2.75, 3.05) is 6.26 Å². The Morgan fingerprint density at radius 3 is 2.77 bits per heavy atom. The van der Waals surface area contributed by atoms with E-state index in [0.29, 0.717) is 11.3 Å². The van der Waals surface area contributed by atoms with Crippen LogP contribution in [0.15, 0.2) is 4.99 Å². The highest BCUT2D eigenvalue weighted by atomic mass is 32.2. The Kier molecular flexibility index (Phi) is 4.64. The molecule has 76 valence electrons. The summed E-state index contributed by atoms with van der Waals surface area (Å²) in [6.07, 6.45) is 8.29. The molecule has 1 aliphatic carbocycles. The second-order valence-corrected chi connectivity index (χ2v) is 4.68. The van der Waals surface area contributed by atoms with Crippen LogP contribution < -0.4 is 5.73 Å². The van der Waals surface area contributed by atoms with Crippen LogP contribution in [0.3, 0.4) is 0 Å². The lowest BCUT2D eigenvalue weighted by Gasteiger charge is -2.27. The van der Waals surface area contributed by atoms with Crippen molar-refractivity contribution < 1.29 is 0 Å². The van der Waals surface area contributed by atoms with Gasteiger partial charge in [-0.05, 0) is 19.1 Å². The molecule has 0 heterocycles. The lowest BCUT2D eigenvalue weighted by atomic mass is 9.95. The highest BCUT2D eigenvalue weighted by molar-refractivity contribution is 7.99. The summed E-state index contributed by atoms with van der Waals surface area (Å²) >= 11 is 1.94. The zero-order valence-corrected chi connectivity index (χ0v) is 9.44. The van der Waals surface area contributed by atoms with E-state index in [9.17, 15) is 0 Å². The second kappa shape index (κ2) is 5.53. The molecule has 2 nitrogen and oxygen atoms in total. The minimum absolute atomic E-state index is 0.490. The molecule has 0 aromatic carbocycles. The fraction of sp³-hybridized carbons (Fsp3) is 0.900. The summed E-state index contributed by atoms with van der Waals surface area (Å²) in [6, 6.07) is 0.490. The number of hydrogen-bond acceptors (Lipinski definition) is 2. The zero-order valence-electron chi connectivity index (χ0n) is 8.62. The van der Waals surface area contributed by atoms with Crippen LogP contribution in [0.25, 0.3) is 0 Å². The average molecular weight is 200 g/mol. The van der Waals surface area contributed by atoms with Gasteiger partial charge in [0.1, 0.15) is 0 Å². The van der Waals surface area contributed by atoms with Gasteiger partial charge in [0.2, 0.25) is 0 Å². The quantitative estimate of drug-likeness (QED) is 0.561. The molecule has 2 N–H and O–H groups in total. The van der Waals surface area contributed by atoms with Crippen molar-refractivity contribution in [3.05, 3.63) is 0 Å². The molecule has 0 radical (unpaired) electrons. The molecule has 0 spiro atoms. The van der Waals surface area contributed by atoms with Crippen LogP contribution in [0.4, 0.5) is 0 Å². The van der Waals surface area contributed by atoms with Gasteiger partial charge in [0.05, 0.1) is 11.9 Å². The molecular weight excluding hydrogens is 180 g/mol. The van der Waals surface area contributed by atoms with Gasteiger partial charge in [-0.1, -0.05) is 19.8 Å². The third-order valence-corrected chi connectivity index (χ3v) is 3.82. The molecule has 0 bridgehead atoms. The first-order valence-electron chi connectivity index (χ1n) is 5.12. The Hall–Kier alpha value is -0.180. The maximum atomic E-state index is 5.76. The topological polar surface area (TPSA) is 38.4 Å². The summed E-state index contributed by atoms with van der Waals surface area (Å²) in [5.74, 6) is 0.825. The normalized spacial score (nSPS) is 30.5. The average Bonchev–Trinajstić information content (AvgIpc) is 2.18. The summed E-state index contributed by atoms with van der Waals surface area (Å²) in [5, 5.41) is 0.707. The van der Waals surface area contributed by atoms with Crippen LogP contribution in [0.2, 0.25) is 0 Å². The monoisotopic (exact) mass is 200 g/mol. The summed E-state index contributed by atoms with van der Waals surface area (Å²) in [7, 11) is 0. The first-order valence-corrected chi connectivity index (χ1v) is 6.41. The largest absolute Gasteiger partial charge is 0.387 e. The van der Waals surface area contributed by atoms with Crippen molar-refractivity contribution in [2.45, 2.75) is 50.3 Å². The summed E-state index contributed by atoms with van der Waals surface area (Å²) in [4.78, 5) is 4.58. The summed E-state index contributed by atoms with van der Waals surface area (Å²) in [6.45, 7) is 2.07. The highest BCUT2D eigenvalue weighted by Crippen LogP contribution is 2.29. The van der Waals surface area contributed by atoms with Gasteiger partial charge in [-0.15, -0.1) is 0 Å². The number of amidine groups is 1. The van der Waals surface area contributed by atoms with Crippen molar-refractivity contribution in [2.24, 2.45) is 10.7 Å². The molecule has 0 aromatic rings. The van der Waals surface area contributed by atoms with Crippen LogP contribution in [-0.2, 0) is 0 Å². The van der Waals surface area contributed by atoms with Gasteiger partial charge in [0, 0.05) is 11.7 Å². The maximum Gasteiger partial charge on any atom is 0.0938 e. The van der Waals surface area contributed by atoms with E-state index < -0.39 is 0 Å². The molecule has 2 unspecified atom stereocenters. The van der Waals surface area contributed by atoms with E-state index in [0.717, 1.165) is 12.3 Å². The van der Waals surface area contributed by atoms with Gasteiger partial charge in [-0.25, -0.2) is 0 Å². The van der Waals surface area contributed by atoms with E-state index in [-0.39, 0.29) is 0 Å². The molecule has 13 heavy (non-hydrogen) atoms. The predicted molar refractivity (Wildman–Crippen MR) is 61.5 cm³/mol. The van der Waals surface area contributed by atoms with E-state index >= 15 is 0 Å². The molecular formula is C10H20N2S. The first kappa shape index (κ1) is 10.9. The number of thioether (sulfide) groups is 1. The number of hydrogen-bond donors (Lipinski definition) is 1. The van der Waals surface area contributed by atoms with E-state index in [2.05, 4.69) is 18.2 Å². The predicted octanol–water partition coefficient (Wildman–Crippen LogP) is 2.43. The van der Waals surface area contributed by atoms with Crippen LogP contribution >= 0.6 is 11.8 Å².